The van der Waals surface area contributed by atoms with E-state index >= 15 is 0 Å². The number of aliphatic hydroxyl groups is 2. The first-order valence-electron chi connectivity index (χ1n) is 4.98. The molecule has 0 bridgehead atoms. The summed E-state index contributed by atoms with van der Waals surface area (Å²) in [5.74, 6) is 0. The normalized spacial score (nSPS) is 14.9. The van der Waals surface area contributed by atoms with Gasteiger partial charge in [-0.15, -0.1) is 0 Å². The lowest BCUT2D eigenvalue weighted by molar-refractivity contribution is 0.0154. The Bertz CT molecular complexity index is 328. The van der Waals surface area contributed by atoms with Crippen molar-refractivity contribution in [1.29, 1.82) is 0 Å². The number of benzene rings is 1. The highest BCUT2D eigenvalue weighted by atomic mass is 16.3. The lowest BCUT2D eigenvalue weighted by Gasteiger charge is -2.19. The van der Waals surface area contributed by atoms with Crippen LogP contribution in [0.4, 0.5) is 5.69 Å². The maximum Gasteiger partial charge on any atom is 0.107 e. The molecule has 0 heterocycles. The van der Waals surface area contributed by atoms with Crippen LogP contribution in [-0.2, 0) is 0 Å². The fourth-order valence-corrected chi connectivity index (χ4v) is 1.50. The first-order valence-corrected chi connectivity index (χ1v) is 4.98. The maximum absolute atomic E-state index is 9.81. The van der Waals surface area contributed by atoms with E-state index in [1.54, 1.807) is 12.1 Å². The van der Waals surface area contributed by atoms with Crippen LogP contribution in [0.5, 0.6) is 0 Å². The Hall–Kier alpha value is -1.10. The quantitative estimate of drug-likeness (QED) is 0.538. The Balaban J connectivity index is 2.86. The van der Waals surface area contributed by atoms with Crippen LogP contribution in [0.3, 0.4) is 0 Å². The van der Waals surface area contributed by atoms with Gasteiger partial charge in [0.1, 0.15) is 6.10 Å². The second kappa shape index (κ2) is 5.11. The molecule has 0 amide bonds. The van der Waals surface area contributed by atoms with Crippen LogP contribution in [0.2, 0.25) is 0 Å². The third-order valence-corrected chi connectivity index (χ3v) is 2.39. The molecule has 2 atom stereocenters. The average molecular weight is 210 g/mol. The van der Waals surface area contributed by atoms with Crippen molar-refractivity contribution in [3.05, 3.63) is 29.3 Å². The van der Waals surface area contributed by atoms with Crippen molar-refractivity contribution in [2.75, 3.05) is 12.3 Å². The molecule has 0 aliphatic heterocycles. The van der Waals surface area contributed by atoms with Crippen molar-refractivity contribution < 1.29 is 10.2 Å². The van der Waals surface area contributed by atoms with Gasteiger partial charge in [0.25, 0.3) is 0 Å². The van der Waals surface area contributed by atoms with E-state index in [1.165, 1.54) is 0 Å². The highest BCUT2D eigenvalue weighted by molar-refractivity contribution is 5.50. The van der Waals surface area contributed by atoms with Crippen LogP contribution in [0, 0.1) is 6.92 Å². The largest absolute Gasteiger partial charge is 0.398 e. The zero-order valence-corrected chi connectivity index (χ0v) is 8.85. The summed E-state index contributed by atoms with van der Waals surface area (Å²) in [6, 6.07) is 5.35. The molecule has 4 heteroatoms. The van der Waals surface area contributed by atoms with Crippen molar-refractivity contribution in [3.63, 3.8) is 0 Å². The van der Waals surface area contributed by atoms with E-state index in [9.17, 15) is 10.2 Å². The molecule has 1 rings (SSSR count). The molecule has 1 aromatic rings. The third kappa shape index (κ3) is 2.92. The first kappa shape index (κ1) is 12.0. The molecular formula is C11H18N2O2. The Morgan fingerprint density at radius 2 is 2.00 bits per heavy atom. The minimum atomic E-state index is -0.964. The molecule has 4 nitrogen and oxygen atoms in total. The minimum Gasteiger partial charge on any atom is -0.398 e. The second-order valence-electron chi connectivity index (χ2n) is 3.72. The van der Waals surface area contributed by atoms with Crippen LogP contribution in [-0.4, -0.2) is 22.9 Å². The highest BCUT2D eigenvalue weighted by Gasteiger charge is 2.19. The van der Waals surface area contributed by atoms with Gasteiger partial charge in [-0.3, -0.25) is 0 Å². The molecule has 0 saturated heterocycles. The van der Waals surface area contributed by atoms with Crippen LogP contribution in [0.1, 0.15) is 23.7 Å². The molecule has 84 valence electrons. The number of rotatable bonds is 4. The number of aliphatic hydroxyl groups excluding tert-OH is 2. The number of hydrogen-bond acceptors (Lipinski definition) is 4. The SMILES string of the molecule is Cc1ccc(C(O)C(O)CCN)c(N)c1. The molecular weight excluding hydrogens is 192 g/mol. The Kier molecular flexibility index (Phi) is 4.08. The standard InChI is InChI=1S/C11H18N2O2/c1-7-2-3-8(9(13)6-7)11(15)10(14)4-5-12/h2-3,6,10-11,14-15H,4-5,12-13H2,1H3. The predicted molar refractivity (Wildman–Crippen MR) is 60.2 cm³/mol. The summed E-state index contributed by atoms with van der Waals surface area (Å²) in [7, 11) is 0. The second-order valence-corrected chi connectivity index (χ2v) is 3.72. The molecule has 0 radical (unpaired) electrons. The van der Waals surface area contributed by atoms with Gasteiger partial charge >= 0.3 is 0 Å². The minimum absolute atomic E-state index is 0.337. The summed E-state index contributed by atoms with van der Waals surface area (Å²) < 4.78 is 0. The maximum atomic E-state index is 9.81. The van der Waals surface area contributed by atoms with E-state index in [1.807, 2.05) is 13.0 Å². The topological polar surface area (TPSA) is 92.5 Å². The van der Waals surface area contributed by atoms with Crippen LogP contribution < -0.4 is 11.5 Å². The van der Waals surface area contributed by atoms with Crippen LogP contribution in [0.25, 0.3) is 0 Å². The molecule has 15 heavy (non-hydrogen) atoms. The first-order chi connectivity index (χ1) is 7.06. The van der Waals surface area contributed by atoms with Gasteiger partial charge in [-0.05, 0) is 31.5 Å². The number of nitrogens with two attached hydrogens (primary N) is 2. The number of anilines is 1. The van der Waals surface area contributed by atoms with Crippen molar-refractivity contribution in [1.82, 2.24) is 0 Å². The van der Waals surface area contributed by atoms with E-state index in [4.69, 9.17) is 11.5 Å². The molecule has 0 aliphatic carbocycles. The highest BCUT2D eigenvalue weighted by Crippen LogP contribution is 2.25. The van der Waals surface area contributed by atoms with E-state index in [0.717, 1.165) is 5.56 Å². The average Bonchev–Trinajstić information content (AvgIpc) is 2.17. The van der Waals surface area contributed by atoms with Gasteiger partial charge in [0, 0.05) is 11.3 Å². The van der Waals surface area contributed by atoms with Crippen molar-refractivity contribution >= 4 is 5.69 Å². The molecule has 0 aromatic heterocycles. The van der Waals surface area contributed by atoms with Gasteiger partial charge in [0.05, 0.1) is 6.10 Å². The van der Waals surface area contributed by atoms with Gasteiger partial charge in [-0.2, -0.15) is 0 Å². The predicted octanol–water partition coefficient (Wildman–Crippen LogP) is 0.320. The third-order valence-electron chi connectivity index (χ3n) is 2.39. The van der Waals surface area contributed by atoms with Crippen LogP contribution >= 0.6 is 0 Å². The molecule has 0 aliphatic rings. The zero-order valence-electron chi connectivity index (χ0n) is 8.85. The lowest BCUT2D eigenvalue weighted by Crippen LogP contribution is -2.22. The summed E-state index contributed by atoms with van der Waals surface area (Å²) in [5, 5.41) is 19.4. The van der Waals surface area contributed by atoms with Crippen molar-refractivity contribution in [2.45, 2.75) is 25.6 Å². The fraction of sp³-hybridized carbons (Fsp3) is 0.455. The smallest absolute Gasteiger partial charge is 0.107 e. The fourth-order valence-electron chi connectivity index (χ4n) is 1.50. The monoisotopic (exact) mass is 210 g/mol. The number of aryl methyl sites for hydroxylation is 1. The van der Waals surface area contributed by atoms with Gasteiger partial charge in [-0.25, -0.2) is 0 Å². The van der Waals surface area contributed by atoms with E-state index in [2.05, 4.69) is 0 Å². The van der Waals surface area contributed by atoms with Crippen molar-refractivity contribution in [2.24, 2.45) is 5.73 Å². The number of hydrogen-bond donors (Lipinski definition) is 4. The molecule has 0 fully saturated rings. The zero-order chi connectivity index (χ0) is 11.4. The molecule has 2 unspecified atom stereocenters. The number of nitrogen functional groups attached to an aromatic ring is 1. The summed E-state index contributed by atoms with van der Waals surface area (Å²) in [6.07, 6.45) is -1.47. The van der Waals surface area contributed by atoms with Gasteiger partial charge < -0.3 is 21.7 Å². The molecule has 1 aromatic carbocycles. The van der Waals surface area contributed by atoms with Gasteiger partial charge in [-0.1, -0.05) is 12.1 Å². The van der Waals surface area contributed by atoms with E-state index in [-0.39, 0.29) is 0 Å². The Morgan fingerprint density at radius 1 is 1.33 bits per heavy atom. The molecule has 6 N–H and O–H groups in total. The molecule has 0 saturated carbocycles. The summed E-state index contributed by atoms with van der Waals surface area (Å²) in [4.78, 5) is 0. The van der Waals surface area contributed by atoms with E-state index in [0.29, 0.717) is 24.2 Å². The van der Waals surface area contributed by atoms with Gasteiger partial charge in [0.15, 0.2) is 0 Å². The Morgan fingerprint density at radius 3 is 2.53 bits per heavy atom. The van der Waals surface area contributed by atoms with E-state index < -0.39 is 12.2 Å². The van der Waals surface area contributed by atoms with Gasteiger partial charge in [0.2, 0.25) is 0 Å². The van der Waals surface area contributed by atoms with Crippen molar-refractivity contribution in [3.8, 4) is 0 Å². The molecule has 0 spiro atoms. The summed E-state index contributed by atoms with van der Waals surface area (Å²) in [6.45, 7) is 2.26. The Labute approximate surface area is 89.5 Å². The summed E-state index contributed by atoms with van der Waals surface area (Å²) in [5.41, 5.74) is 13.1. The lowest BCUT2D eigenvalue weighted by atomic mass is 9.99. The van der Waals surface area contributed by atoms with Crippen LogP contribution in [0.15, 0.2) is 18.2 Å². The summed E-state index contributed by atoms with van der Waals surface area (Å²) >= 11 is 0.